The normalized spacial score (nSPS) is 22.4. The maximum atomic E-state index is 12.8. The molecule has 0 aliphatic carbocycles. The fraction of sp³-hybridized carbons (Fsp3) is 0.688. The summed E-state index contributed by atoms with van der Waals surface area (Å²) < 4.78 is 0. The van der Waals surface area contributed by atoms with Gasteiger partial charge in [0.25, 0.3) is 0 Å². The molecule has 0 bridgehead atoms. The average Bonchev–Trinajstić information content (AvgIpc) is 2.55. The summed E-state index contributed by atoms with van der Waals surface area (Å²) in [7, 11) is 1.92. The lowest BCUT2D eigenvalue weighted by atomic mass is 9.82. The predicted molar refractivity (Wildman–Crippen MR) is 85.8 cm³/mol. The van der Waals surface area contributed by atoms with Gasteiger partial charge in [-0.2, -0.15) is 0 Å². The van der Waals surface area contributed by atoms with E-state index < -0.39 is 0 Å². The summed E-state index contributed by atoms with van der Waals surface area (Å²) in [6, 6.07) is 0. The van der Waals surface area contributed by atoms with Crippen molar-refractivity contribution in [2.24, 2.45) is 0 Å². The molecule has 0 saturated carbocycles. The van der Waals surface area contributed by atoms with Crippen LogP contribution in [0.5, 0.6) is 0 Å². The smallest absolute Gasteiger partial charge is 0.243 e. The molecule has 1 aromatic rings. The molecule has 2 aliphatic rings. The minimum atomic E-state index is -0.317. The van der Waals surface area contributed by atoms with Crippen molar-refractivity contribution in [1.82, 2.24) is 19.8 Å². The molecule has 1 amide bonds. The lowest BCUT2D eigenvalue weighted by Gasteiger charge is -2.52. The summed E-state index contributed by atoms with van der Waals surface area (Å²) in [5, 5.41) is 0. The van der Waals surface area contributed by atoms with E-state index in [2.05, 4.69) is 26.7 Å². The standard InChI is InChI=1S/C16H25N5O/c1-4-21-10-9-19(3)14(22)16(21)5-7-20(8-6-16)15-17-11-13(2)12-18-15/h11-12H,4-10H2,1-3H3. The Morgan fingerprint density at radius 2 is 1.77 bits per heavy atom. The van der Waals surface area contributed by atoms with E-state index in [0.717, 1.165) is 57.1 Å². The first kappa shape index (κ1) is 15.2. The summed E-state index contributed by atoms with van der Waals surface area (Å²) in [4.78, 5) is 28.1. The van der Waals surface area contributed by atoms with Gasteiger partial charge < -0.3 is 9.80 Å². The van der Waals surface area contributed by atoms with Crippen LogP contribution in [0.4, 0.5) is 5.95 Å². The fourth-order valence-corrected chi connectivity index (χ4v) is 3.69. The van der Waals surface area contributed by atoms with Crippen LogP contribution < -0.4 is 4.90 Å². The number of hydrogen-bond donors (Lipinski definition) is 0. The Bertz CT molecular complexity index is 536. The Balaban J connectivity index is 1.76. The van der Waals surface area contributed by atoms with Crippen molar-refractivity contribution in [3.63, 3.8) is 0 Å². The zero-order chi connectivity index (χ0) is 15.7. The lowest BCUT2D eigenvalue weighted by molar-refractivity contribution is -0.151. The lowest BCUT2D eigenvalue weighted by Crippen LogP contribution is -2.68. The van der Waals surface area contributed by atoms with Crippen molar-refractivity contribution < 1.29 is 4.79 Å². The first-order valence-corrected chi connectivity index (χ1v) is 8.11. The molecule has 0 atom stereocenters. The highest BCUT2D eigenvalue weighted by molar-refractivity contribution is 5.87. The van der Waals surface area contributed by atoms with E-state index in [1.54, 1.807) is 0 Å². The van der Waals surface area contributed by atoms with Gasteiger partial charge in [0.15, 0.2) is 0 Å². The second-order valence-corrected chi connectivity index (χ2v) is 6.39. The molecule has 0 aromatic carbocycles. The zero-order valence-corrected chi connectivity index (χ0v) is 13.7. The number of rotatable bonds is 2. The van der Waals surface area contributed by atoms with Gasteiger partial charge in [0.1, 0.15) is 5.54 Å². The van der Waals surface area contributed by atoms with Crippen molar-refractivity contribution in [3.8, 4) is 0 Å². The molecular formula is C16H25N5O. The maximum Gasteiger partial charge on any atom is 0.243 e. The molecule has 2 saturated heterocycles. The quantitative estimate of drug-likeness (QED) is 0.813. The highest BCUT2D eigenvalue weighted by Gasteiger charge is 2.49. The van der Waals surface area contributed by atoms with E-state index in [0.29, 0.717) is 0 Å². The monoisotopic (exact) mass is 303 g/mol. The summed E-state index contributed by atoms with van der Waals surface area (Å²) in [5.74, 6) is 1.06. The van der Waals surface area contributed by atoms with E-state index in [1.165, 1.54) is 0 Å². The zero-order valence-electron chi connectivity index (χ0n) is 13.7. The van der Waals surface area contributed by atoms with Crippen LogP contribution in [0.1, 0.15) is 25.3 Å². The third-order valence-electron chi connectivity index (χ3n) is 5.08. The van der Waals surface area contributed by atoms with Crippen LogP contribution in [0.15, 0.2) is 12.4 Å². The van der Waals surface area contributed by atoms with Gasteiger partial charge in [-0.3, -0.25) is 9.69 Å². The molecule has 3 rings (SSSR count). The van der Waals surface area contributed by atoms with Crippen molar-refractivity contribution in [2.75, 3.05) is 44.7 Å². The molecule has 1 spiro atoms. The Morgan fingerprint density at radius 3 is 2.36 bits per heavy atom. The molecule has 0 unspecified atom stereocenters. The Hall–Kier alpha value is -1.69. The summed E-state index contributed by atoms with van der Waals surface area (Å²) in [6.07, 6.45) is 5.40. The topological polar surface area (TPSA) is 52.6 Å². The number of nitrogens with zero attached hydrogens (tertiary/aromatic N) is 5. The molecule has 2 fully saturated rings. The van der Waals surface area contributed by atoms with E-state index in [1.807, 2.05) is 31.3 Å². The van der Waals surface area contributed by atoms with Crippen LogP contribution in [0, 0.1) is 6.92 Å². The summed E-state index contributed by atoms with van der Waals surface area (Å²) >= 11 is 0. The first-order valence-electron chi connectivity index (χ1n) is 8.11. The number of carbonyl (C=O) groups excluding carboxylic acids is 1. The molecule has 120 valence electrons. The van der Waals surface area contributed by atoms with Crippen LogP contribution in [0.2, 0.25) is 0 Å². The highest BCUT2D eigenvalue weighted by Crippen LogP contribution is 2.34. The first-order chi connectivity index (χ1) is 10.6. The van der Waals surface area contributed by atoms with E-state index in [4.69, 9.17) is 0 Å². The average molecular weight is 303 g/mol. The molecule has 3 heterocycles. The number of aryl methyl sites for hydroxylation is 1. The SMILES string of the molecule is CCN1CCN(C)C(=O)C12CCN(c1ncc(C)cn1)CC2. The van der Waals surface area contributed by atoms with Gasteiger partial charge in [-0.05, 0) is 31.9 Å². The molecular weight excluding hydrogens is 278 g/mol. The molecule has 22 heavy (non-hydrogen) atoms. The molecule has 6 heteroatoms. The van der Waals surface area contributed by atoms with E-state index in [-0.39, 0.29) is 11.4 Å². The molecule has 2 aliphatic heterocycles. The van der Waals surface area contributed by atoms with Gasteiger partial charge in [0.05, 0.1) is 0 Å². The second-order valence-electron chi connectivity index (χ2n) is 6.39. The largest absolute Gasteiger partial charge is 0.343 e. The van der Waals surface area contributed by atoms with Crippen LogP contribution in [0.25, 0.3) is 0 Å². The van der Waals surface area contributed by atoms with Crippen molar-refractivity contribution in [2.45, 2.75) is 32.2 Å². The number of amides is 1. The van der Waals surface area contributed by atoms with Crippen LogP contribution in [-0.4, -0.2) is 71.0 Å². The number of carbonyl (C=O) groups is 1. The van der Waals surface area contributed by atoms with Crippen molar-refractivity contribution in [3.05, 3.63) is 18.0 Å². The number of likely N-dealkylation sites (N-methyl/N-ethyl adjacent to an activating group) is 2. The number of piperazine rings is 1. The highest BCUT2D eigenvalue weighted by atomic mass is 16.2. The second kappa shape index (κ2) is 5.83. The van der Waals surface area contributed by atoms with Crippen LogP contribution >= 0.6 is 0 Å². The van der Waals surface area contributed by atoms with Gasteiger partial charge in [-0.25, -0.2) is 9.97 Å². The van der Waals surface area contributed by atoms with Gasteiger partial charge >= 0.3 is 0 Å². The number of aromatic nitrogens is 2. The Labute approximate surface area is 132 Å². The summed E-state index contributed by atoms with van der Waals surface area (Å²) in [5.41, 5.74) is 0.752. The summed E-state index contributed by atoms with van der Waals surface area (Å²) in [6.45, 7) is 8.54. The molecule has 0 N–H and O–H groups in total. The molecule has 6 nitrogen and oxygen atoms in total. The van der Waals surface area contributed by atoms with Crippen LogP contribution in [0.3, 0.4) is 0 Å². The van der Waals surface area contributed by atoms with Crippen LogP contribution in [-0.2, 0) is 4.79 Å². The Morgan fingerprint density at radius 1 is 1.14 bits per heavy atom. The minimum Gasteiger partial charge on any atom is -0.343 e. The van der Waals surface area contributed by atoms with Gasteiger partial charge in [0, 0.05) is 45.6 Å². The van der Waals surface area contributed by atoms with E-state index in [9.17, 15) is 4.79 Å². The number of piperidine rings is 1. The third kappa shape index (κ3) is 2.45. The number of hydrogen-bond acceptors (Lipinski definition) is 5. The van der Waals surface area contributed by atoms with Gasteiger partial charge in [0.2, 0.25) is 11.9 Å². The molecule has 0 radical (unpaired) electrons. The predicted octanol–water partition coefficient (Wildman–Crippen LogP) is 0.918. The van der Waals surface area contributed by atoms with Crippen molar-refractivity contribution in [1.29, 1.82) is 0 Å². The number of anilines is 1. The fourth-order valence-electron chi connectivity index (χ4n) is 3.69. The van der Waals surface area contributed by atoms with E-state index >= 15 is 0 Å². The molecule has 1 aromatic heterocycles. The maximum absolute atomic E-state index is 12.8. The third-order valence-corrected chi connectivity index (χ3v) is 5.08. The van der Waals surface area contributed by atoms with Gasteiger partial charge in [-0.15, -0.1) is 0 Å². The Kier molecular flexibility index (Phi) is 4.04. The van der Waals surface area contributed by atoms with Gasteiger partial charge in [-0.1, -0.05) is 6.92 Å². The van der Waals surface area contributed by atoms with Crippen molar-refractivity contribution >= 4 is 11.9 Å². The minimum absolute atomic E-state index is 0.282.